The summed E-state index contributed by atoms with van der Waals surface area (Å²) in [5.74, 6) is 2.97. The topological polar surface area (TPSA) is 24.5 Å². The maximum atomic E-state index is 6.50. The van der Waals surface area contributed by atoms with E-state index in [1.807, 2.05) is 59.3 Å². The zero-order valence-electron chi connectivity index (χ0n) is 27.1. The number of benzene rings is 5. The average Bonchev–Trinajstić information content (AvgIpc) is 3.56. The van der Waals surface area contributed by atoms with Gasteiger partial charge in [0.15, 0.2) is 5.82 Å². The number of rotatable bonds is 5. The molecule has 5 nitrogen and oxygen atoms in total. The van der Waals surface area contributed by atoms with E-state index in [0.717, 1.165) is 56.2 Å². The summed E-state index contributed by atoms with van der Waals surface area (Å²) in [7, 11) is 4.33. The van der Waals surface area contributed by atoms with Gasteiger partial charge in [-0.15, -0.1) is 24.3 Å². The molecule has 48 heavy (non-hydrogen) atoms. The molecule has 2 aromatic heterocycles. The smallest absolute Gasteiger partial charge is 0.509 e. The maximum absolute atomic E-state index is 6.50. The number of pyridine rings is 1. The summed E-state index contributed by atoms with van der Waals surface area (Å²) in [6, 6.07) is 48.5. The average molecular weight is 806 g/mol. The Morgan fingerprint density at radius 2 is 1.40 bits per heavy atom. The van der Waals surface area contributed by atoms with E-state index in [-0.39, 0.29) is 26.5 Å². The molecule has 3 heterocycles. The SMILES string of the molecule is C=C1N(c2[c-]c(Oc3[c-]c4c(cc3)c3ccccc3n4-c3cc(C(C)(C)C)cc[n+]3[CH2-])ccc2)c2ccccc2N1c1ccccc1.[Pt+2]. The van der Waals surface area contributed by atoms with E-state index in [2.05, 4.69) is 134 Å². The fourth-order valence-electron chi connectivity index (χ4n) is 6.45. The molecule has 0 fully saturated rings. The van der Waals surface area contributed by atoms with Crippen molar-refractivity contribution < 1.29 is 30.4 Å². The first kappa shape index (κ1) is 31.4. The Bertz CT molecular complexity index is 2320. The minimum Gasteiger partial charge on any atom is -0.509 e. The van der Waals surface area contributed by atoms with E-state index < -0.39 is 0 Å². The molecule has 0 aliphatic carbocycles. The van der Waals surface area contributed by atoms with E-state index in [4.69, 9.17) is 4.74 Å². The van der Waals surface area contributed by atoms with Gasteiger partial charge in [-0.25, -0.2) is 0 Å². The van der Waals surface area contributed by atoms with E-state index in [0.29, 0.717) is 11.5 Å². The Kier molecular flexibility index (Phi) is 7.89. The quantitative estimate of drug-likeness (QED) is 0.128. The number of hydrogen-bond acceptors (Lipinski definition) is 3. The number of anilines is 4. The second-order valence-electron chi connectivity index (χ2n) is 12.8. The van der Waals surface area contributed by atoms with Crippen LogP contribution in [0.4, 0.5) is 22.7 Å². The van der Waals surface area contributed by atoms with Crippen molar-refractivity contribution in [1.29, 1.82) is 0 Å². The fourth-order valence-corrected chi connectivity index (χ4v) is 6.45. The molecule has 8 rings (SSSR count). The molecule has 0 amide bonds. The van der Waals surface area contributed by atoms with E-state index in [1.165, 1.54) is 5.56 Å². The number of aromatic nitrogens is 2. The van der Waals surface area contributed by atoms with Crippen molar-refractivity contribution in [3.8, 4) is 17.3 Å². The largest absolute Gasteiger partial charge is 2.00 e. The van der Waals surface area contributed by atoms with Crippen LogP contribution in [-0.2, 0) is 26.5 Å². The first-order valence-electron chi connectivity index (χ1n) is 15.7. The summed E-state index contributed by atoms with van der Waals surface area (Å²) in [6.45, 7) is 11.2. The molecule has 0 radical (unpaired) electrons. The van der Waals surface area contributed by atoms with Crippen molar-refractivity contribution in [1.82, 2.24) is 4.57 Å². The Balaban J connectivity index is 0.00000364. The van der Waals surface area contributed by atoms with Crippen molar-refractivity contribution in [2.45, 2.75) is 26.2 Å². The van der Waals surface area contributed by atoms with Gasteiger partial charge >= 0.3 is 21.1 Å². The van der Waals surface area contributed by atoms with E-state index >= 15 is 0 Å². The van der Waals surface area contributed by atoms with Crippen molar-refractivity contribution in [2.75, 3.05) is 9.80 Å². The predicted molar refractivity (Wildman–Crippen MR) is 191 cm³/mol. The minimum atomic E-state index is -0.0140. The maximum Gasteiger partial charge on any atom is 2.00 e. The second kappa shape index (κ2) is 12.1. The summed E-state index contributed by atoms with van der Waals surface area (Å²) in [5, 5.41) is 2.24. The number of hydrogen-bond donors (Lipinski definition) is 0. The predicted octanol–water partition coefficient (Wildman–Crippen LogP) is 10.2. The van der Waals surface area contributed by atoms with Crippen LogP contribution in [0.5, 0.6) is 11.5 Å². The second-order valence-corrected chi connectivity index (χ2v) is 12.8. The third kappa shape index (κ3) is 5.25. The zero-order chi connectivity index (χ0) is 32.3. The summed E-state index contributed by atoms with van der Waals surface area (Å²) >= 11 is 0. The van der Waals surface area contributed by atoms with Gasteiger partial charge in [-0.2, -0.15) is 12.1 Å². The van der Waals surface area contributed by atoms with Crippen LogP contribution in [-0.4, -0.2) is 4.57 Å². The number of nitrogens with zero attached hydrogens (tertiary/aromatic N) is 4. The van der Waals surface area contributed by atoms with Gasteiger partial charge in [-0.05, 0) is 60.4 Å². The van der Waals surface area contributed by atoms with Gasteiger partial charge < -0.3 is 14.2 Å². The first-order chi connectivity index (χ1) is 22.8. The molecule has 238 valence electrons. The van der Waals surface area contributed by atoms with Crippen molar-refractivity contribution in [3.05, 3.63) is 165 Å². The molecule has 1 aliphatic heterocycles. The zero-order valence-corrected chi connectivity index (χ0v) is 29.3. The van der Waals surface area contributed by atoms with Crippen LogP contribution in [0.25, 0.3) is 27.6 Å². The number of para-hydroxylation sites is 4. The van der Waals surface area contributed by atoms with Gasteiger partial charge in [-0.1, -0.05) is 105 Å². The Morgan fingerprint density at radius 3 is 2.17 bits per heavy atom. The van der Waals surface area contributed by atoms with Crippen LogP contribution < -0.4 is 19.1 Å². The Morgan fingerprint density at radius 1 is 0.708 bits per heavy atom. The normalized spacial score (nSPS) is 12.8. The van der Waals surface area contributed by atoms with Crippen LogP contribution in [0, 0.1) is 19.2 Å². The third-order valence-corrected chi connectivity index (χ3v) is 8.77. The Hall–Kier alpha value is -5.25. The number of fused-ring (bicyclic) bond motifs is 4. The van der Waals surface area contributed by atoms with Gasteiger partial charge in [-0.3, -0.25) is 9.47 Å². The van der Waals surface area contributed by atoms with Crippen molar-refractivity contribution in [2.24, 2.45) is 0 Å². The standard InChI is InChI=1S/C42H34N4O.Pt/c1-29-44(31-14-7-6-8-15-31)38-20-11-12-21-39(38)45(29)32-16-13-17-33(27-32)47-34-22-23-36-35-18-9-10-19-37(35)46(40(36)28-34)41-26-30(42(2,3)4)24-25-43(41)5;/h6-26H,1,5H2,2-4H3;/q-2;+2. The molecular formula is C42H34N4OPt. The molecule has 0 atom stereocenters. The molecule has 5 aromatic carbocycles. The van der Waals surface area contributed by atoms with Crippen molar-refractivity contribution in [3.63, 3.8) is 0 Å². The van der Waals surface area contributed by atoms with Gasteiger partial charge in [0, 0.05) is 22.7 Å². The summed E-state index contributed by atoms with van der Waals surface area (Å²) in [4.78, 5) is 4.29. The van der Waals surface area contributed by atoms with Crippen molar-refractivity contribution >= 4 is 44.6 Å². The van der Waals surface area contributed by atoms with E-state index in [9.17, 15) is 0 Å². The van der Waals surface area contributed by atoms with Gasteiger partial charge in [0.25, 0.3) is 0 Å². The van der Waals surface area contributed by atoms with Gasteiger partial charge in [0.1, 0.15) is 11.3 Å². The van der Waals surface area contributed by atoms with Gasteiger partial charge in [0.2, 0.25) is 0 Å². The molecule has 1 aliphatic rings. The van der Waals surface area contributed by atoms with Crippen LogP contribution in [0.1, 0.15) is 26.3 Å². The summed E-state index contributed by atoms with van der Waals surface area (Å²) < 4.78 is 10.6. The number of ether oxygens (including phenoxy) is 1. The molecule has 0 spiro atoms. The summed E-state index contributed by atoms with van der Waals surface area (Å²) in [6.07, 6.45) is 2.03. The Labute approximate surface area is 296 Å². The molecule has 7 aromatic rings. The van der Waals surface area contributed by atoms with Crippen LogP contribution in [0.2, 0.25) is 0 Å². The molecule has 0 saturated carbocycles. The third-order valence-electron chi connectivity index (χ3n) is 8.77. The van der Waals surface area contributed by atoms with Crippen LogP contribution in [0.15, 0.2) is 140 Å². The van der Waals surface area contributed by atoms with E-state index in [1.54, 1.807) is 0 Å². The van der Waals surface area contributed by atoms with Crippen LogP contribution >= 0.6 is 0 Å². The minimum absolute atomic E-state index is 0. The van der Waals surface area contributed by atoms with Gasteiger partial charge in [0.05, 0.1) is 11.4 Å². The molecule has 6 heteroatoms. The first-order valence-corrected chi connectivity index (χ1v) is 15.7. The monoisotopic (exact) mass is 805 g/mol. The summed E-state index contributed by atoms with van der Waals surface area (Å²) in [5.41, 5.74) is 7.21. The molecular weight excluding hydrogens is 772 g/mol. The molecule has 0 saturated heterocycles. The molecule has 0 bridgehead atoms. The fraction of sp³-hybridized carbons (Fsp3) is 0.0952. The van der Waals surface area contributed by atoms with Crippen LogP contribution in [0.3, 0.4) is 0 Å². The molecule has 0 N–H and O–H groups in total. The molecule has 0 unspecified atom stereocenters.